The Kier molecular flexibility index (Phi) is 8.05. The van der Waals surface area contributed by atoms with Crippen molar-refractivity contribution < 1.29 is 14.3 Å². The Balaban J connectivity index is 1.76. The summed E-state index contributed by atoms with van der Waals surface area (Å²) in [4.78, 5) is 24.3. The van der Waals surface area contributed by atoms with Crippen molar-refractivity contribution in [1.82, 2.24) is 5.32 Å². The lowest BCUT2D eigenvalue weighted by Gasteiger charge is -2.17. The van der Waals surface area contributed by atoms with Gasteiger partial charge in [0.15, 0.2) is 6.61 Å². The van der Waals surface area contributed by atoms with E-state index in [4.69, 9.17) is 4.74 Å². The number of esters is 1. The molecule has 1 amide bonds. The van der Waals surface area contributed by atoms with Gasteiger partial charge in [0.2, 0.25) is 0 Å². The third kappa shape index (κ3) is 6.41. The van der Waals surface area contributed by atoms with Crippen LogP contribution in [0.4, 0.5) is 5.69 Å². The maximum atomic E-state index is 12.2. The predicted molar refractivity (Wildman–Crippen MR) is 112 cm³/mol. The second-order valence-corrected chi connectivity index (χ2v) is 7.06. The van der Waals surface area contributed by atoms with Crippen LogP contribution >= 0.6 is 0 Å². The fourth-order valence-electron chi connectivity index (χ4n) is 3.28. The van der Waals surface area contributed by atoms with Crippen molar-refractivity contribution in [1.29, 1.82) is 0 Å². The zero-order valence-electron chi connectivity index (χ0n) is 17.2. The zero-order valence-corrected chi connectivity index (χ0v) is 17.2. The minimum Gasteiger partial charge on any atom is -0.454 e. The molecule has 1 atom stereocenters. The topological polar surface area (TPSA) is 67.4 Å². The van der Waals surface area contributed by atoms with Gasteiger partial charge in [0.25, 0.3) is 5.91 Å². The van der Waals surface area contributed by atoms with Crippen molar-refractivity contribution in [3.63, 3.8) is 0 Å². The lowest BCUT2D eigenvalue weighted by molar-refractivity contribution is -0.149. The summed E-state index contributed by atoms with van der Waals surface area (Å²) in [6, 6.07) is 13.3. The van der Waals surface area contributed by atoms with Crippen LogP contribution in [-0.2, 0) is 20.7 Å². The van der Waals surface area contributed by atoms with Gasteiger partial charge in [-0.25, -0.2) is 4.79 Å². The number of para-hydroxylation sites is 1. The molecule has 0 saturated carbocycles. The summed E-state index contributed by atoms with van der Waals surface area (Å²) < 4.78 is 5.18. The van der Waals surface area contributed by atoms with Crippen LogP contribution in [0.3, 0.4) is 0 Å². The van der Waals surface area contributed by atoms with Gasteiger partial charge >= 0.3 is 5.97 Å². The smallest absolute Gasteiger partial charge is 0.329 e. The average Bonchev–Trinajstić information content (AvgIpc) is 2.67. The van der Waals surface area contributed by atoms with Crippen LogP contribution in [0.15, 0.2) is 42.5 Å². The van der Waals surface area contributed by atoms with Crippen molar-refractivity contribution >= 4 is 17.6 Å². The quantitative estimate of drug-likeness (QED) is 0.649. The molecule has 28 heavy (non-hydrogen) atoms. The molecule has 0 radical (unpaired) electrons. The van der Waals surface area contributed by atoms with E-state index in [-0.39, 0.29) is 12.5 Å². The molecule has 0 aromatic heterocycles. The fraction of sp³-hybridized carbons (Fsp3) is 0.391. The first kappa shape index (κ1) is 21.5. The van der Waals surface area contributed by atoms with E-state index in [1.54, 1.807) is 0 Å². The molecule has 0 saturated heterocycles. The van der Waals surface area contributed by atoms with Crippen LogP contribution in [0.5, 0.6) is 0 Å². The number of ether oxygens (including phenoxy) is 1. The highest BCUT2D eigenvalue weighted by molar-refractivity contribution is 5.83. The maximum absolute atomic E-state index is 12.2. The number of anilines is 1. The first-order valence-corrected chi connectivity index (χ1v) is 9.72. The number of nitrogens with one attached hydrogen (secondary N) is 2. The lowest BCUT2D eigenvalue weighted by Crippen LogP contribution is -2.35. The molecular formula is C23H30N2O3. The molecule has 0 heterocycles. The highest BCUT2D eigenvalue weighted by atomic mass is 16.5. The van der Waals surface area contributed by atoms with Crippen molar-refractivity contribution in [3.05, 3.63) is 64.7 Å². The molecule has 0 aliphatic rings. The van der Waals surface area contributed by atoms with E-state index >= 15 is 0 Å². The summed E-state index contributed by atoms with van der Waals surface area (Å²) in [6.45, 7) is 8.40. The van der Waals surface area contributed by atoms with Crippen molar-refractivity contribution in [2.75, 3.05) is 18.5 Å². The van der Waals surface area contributed by atoms with E-state index in [0.29, 0.717) is 13.0 Å². The standard InChI is InChI=1S/C23H30N2O3/c1-5-21(25-19-9-7-6-8-10-19)23(27)28-15-22(26)24-12-11-20-17(3)13-16(2)14-18(20)4/h6-10,13-14,21,25H,5,11-12,15H2,1-4H3,(H,24,26)/t21-/m1/s1. The SMILES string of the molecule is CC[C@@H](Nc1ccccc1)C(=O)OCC(=O)NCCc1c(C)cc(C)cc1C. The van der Waals surface area contributed by atoms with E-state index in [0.717, 1.165) is 12.1 Å². The number of aryl methyl sites for hydroxylation is 3. The molecule has 5 heteroatoms. The van der Waals surface area contributed by atoms with E-state index in [1.807, 2.05) is 37.3 Å². The first-order chi connectivity index (χ1) is 13.4. The Bertz CT molecular complexity index is 780. The fourth-order valence-corrected chi connectivity index (χ4v) is 3.28. The monoisotopic (exact) mass is 382 g/mol. The van der Waals surface area contributed by atoms with Crippen LogP contribution in [0.2, 0.25) is 0 Å². The Morgan fingerprint density at radius 2 is 1.68 bits per heavy atom. The van der Waals surface area contributed by atoms with E-state index in [2.05, 4.69) is 43.5 Å². The van der Waals surface area contributed by atoms with Gasteiger partial charge in [0.1, 0.15) is 6.04 Å². The van der Waals surface area contributed by atoms with Gasteiger partial charge in [0, 0.05) is 12.2 Å². The van der Waals surface area contributed by atoms with Gasteiger partial charge in [-0.2, -0.15) is 0 Å². The summed E-state index contributed by atoms with van der Waals surface area (Å²) in [5.74, 6) is -0.711. The number of carbonyl (C=O) groups excluding carboxylic acids is 2. The maximum Gasteiger partial charge on any atom is 0.329 e. The number of benzene rings is 2. The average molecular weight is 383 g/mol. The molecular weight excluding hydrogens is 352 g/mol. The van der Waals surface area contributed by atoms with Gasteiger partial charge < -0.3 is 15.4 Å². The Labute approximate surface area is 167 Å². The number of amides is 1. The highest BCUT2D eigenvalue weighted by Crippen LogP contribution is 2.16. The van der Waals surface area contributed by atoms with E-state index in [9.17, 15) is 9.59 Å². The van der Waals surface area contributed by atoms with Crippen LogP contribution in [0.25, 0.3) is 0 Å². The Morgan fingerprint density at radius 1 is 1.04 bits per heavy atom. The number of hydrogen-bond donors (Lipinski definition) is 2. The highest BCUT2D eigenvalue weighted by Gasteiger charge is 2.19. The second kappa shape index (κ2) is 10.5. The molecule has 0 aliphatic heterocycles. The van der Waals surface area contributed by atoms with Crippen molar-refractivity contribution in [3.8, 4) is 0 Å². The molecule has 2 rings (SSSR count). The van der Waals surface area contributed by atoms with Gasteiger partial charge in [0.05, 0.1) is 0 Å². The molecule has 150 valence electrons. The van der Waals surface area contributed by atoms with Gasteiger partial charge in [-0.05, 0) is 62.4 Å². The molecule has 5 nitrogen and oxygen atoms in total. The second-order valence-electron chi connectivity index (χ2n) is 7.06. The van der Waals surface area contributed by atoms with Crippen molar-refractivity contribution in [2.45, 2.75) is 46.6 Å². The van der Waals surface area contributed by atoms with Crippen LogP contribution in [0.1, 0.15) is 35.6 Å². The molecule has 0 spiro atoms. The summed E-state index contributed by atoms with van der Waals surface area (Å²) in [7, 11) is 0. The van der Waals surface area contributed by atoms with E-state index in [1.165, 1.54) is 22.3 Å². The minimum absolute atomic E-state index is 0.266. The summed E-state index contributed by atoms with van der Waals surface area (Å²) in [5, 5.41) is 5.95. The van der Waals surface area contributed by atoms with Crippen LogP contribution in [0, 0.1) is 20.8 Å². The van der Waals surface area contributed by atoms with Crippen LogP contribution in [-0.4, -0.2) is 31.1 Å². The Hall–Kier alpha value is -2.82. The molecule has 0 fully saturated rings. The minimum atomic E-state index is -0.479. The summed E-state index contributed by atoms with van der Waals surface area (Å²) in [6.07, 6.45) is 1.33. The normalized spacial score (nSPS) is 11.6. The number of carbonyl (C=O) groups is 2. The largest absolute Gasteiger partial charge is 0.454 e. The summed E-state index contributed by atoms with van der Waals surface area (Å²) >= 11 is 0. The van der Waals surface area contributed by atoms with Gasteiger partial charge in [-0.3, -0.25) is 4.79 Å². The number of hydrogen-bond acceptors (Lipinski definition) is 4. The summed E-state index contributed by atoms with van der Waals surface area (Å²) in [5.41, 5.74) is 5.80. The Morgan fingerprint density at radius 3 is 2.29 bits per heavy atom. The van der Waals surface area contributed by atoms with Crippen LogP contribution < -0.4 is 10.6 Å². The molecule has 2 aromatic carbocycles. The third-order valence-corrected chi connectivity index (χ3v) is 4.69. The molecule has 2 N–H and O–H groups in total. The van der Waals surface area contributed by atoms with Gasteiger partial charge in [-0.15, -0.1) is 0 Å². The zero-order chi connectivity index (χ0) is 20.5. The van der Waals surface area contributed by atoms with Crippen molar-refractivity contribution in [2.24, 2.45) is 0 Å². The lowest BCUT2D eigenvalue weighted by atomic mass is 9.97. The molecule has 0 aliphatic carbocycles. The molecule has 2 aromatic rings. The molecule has 0 bridgehead atoms. The predicted octanol–water partition coefficient (Wildman–Crippen LogP) is 3.70. The number of rotatable bonds is 9. The first-order valence-electron chi connectivity index (χ1n) is 9.72. The molecule has 0 unspecified atom stereocenters. The van der Waals surface area contributed by atoms with E-state index < -0.39 is 12.0 Å². The van der Waals surface area contributed by atoms with Gasteiger partial charge in [-0.1, -0.05) is 42.8 Å². The third-order valence-electron chi connectivity index (χ3n) is 4.69.